The van der Waals surface area contributed by atoms with E-state index in [4.69, 9.17) is 10.5 Å². The van der Waals surface area contributed by atoms with Crippen LogP contribution in [-0.2, 0) is 6.18 Å². The lowest BCUT2D eigenvalue weighted by Gasteiger charge is -2.09. The molecule has 0 radical (unpaired) electrons. The molecule has 0 unspecified atom stereocenters. The smallest absolute Gasteiger partial charge is 0.433 e. The minimum absolute atomic E-state index is 0.0497. The lowest BCUT2D eigenvalue weighted by molar-refractivity contribution is -0.141. The summed E-state index contributed by atoms with van der Waals surface area (Å²) < 4.78 is 42.8. The van der Waals surface area contributed by atoms with E-state index in [0.717, 1.165) is 6.07 Å². The van der Waals surface area contributed by atoms with E-state index in [1.54, 1.807) is 0 Å². The van der Waals surface area contributed by atoms with Crippen molar-refractivity contribution in [2.75, 3.05) is 12.8 Å². The number of ether oxygens (including phenoxy) is 1. The molecule has 0 aromatic carbocycles. The zero-order chi connectivity index (χ0) is 14.0. The Morgan fingerprint density at radius 3 is 2.47 bits per heavy atom. The molecule has 0 fully saturated rings. The maximum absolute atomic E-state index is 12.6. The van der Waals surface area contributed by atoms with Crippen molar-refractivity contribution in [1.29, 1.82) is 0 Å². The largest absolute Gasteiger partial charge is 0.479 e. The monoisotopic (exact) mass is 271 g/mol. The van der Waals surface area contributed by atoms with Gasteiger partial charge < -0.3 is 10.5 Å². The maximum Gasteiger partial charge on any atom is 0.433 e. The summed E-state index contributed by atoms with van der Waals surface area (Å²) in [5.41, 5.74) is 4.08. The second kappa shape index (κ2) is 4.67. The summed E-state index contributed by atoms with van der Waals surface area (Å²) in [7, 11) is 1.32. The molecule has 2 heterocycles. The van der Waals surface area contributed by atoms with E-state index >= 15 is 0 Å². The number of halogens is 3. The first-order chi connectivity index (χ1) is 8.91. The molecule has 19 heavy (non-hydrogen) atoms. The topological polar surface area (TPSA) is 86.8 Å². The number of hydrogen-bond acceptors (Lipinski definition) is 6. The van der Waals surface area contributed by atoms with Crippen molar-refractivity contribution in [3.8, 4) is 17.3 Å². The van der Waals surface area contributed by atoms with Crippen molar-refractivity contribution in [2.24, 2.45) is 0 Å². The van der Waals surface area contributed by atoms with Crippen LogP contribution in [0.5, 0.6) is 5.88 Å². The standard InChI is InChI=1S/C10H8F3N5O/c1-19-8-7(15-2-3-16-8)5-4-6(10(11,12)13)18-9(14)17-5/h2-4H,1H3,(H2,14,17,18). The van der Waals surface area contributed by atoms with Crippen LogP contribution in [0.3, 0.4) is 0 Å². The van der Waals surface area contributed by atoms with Crippen molar-refractivity contribution in [1.82, 2.24) is 19.9 Å². The molecule has 0 aliphatic heterocycles. The van der Waals surface area contributed by atoms with Gasteiger partial charge >= 0.3 is 6.18 Å². The molecule has 2 rings (SSSR count). The Morgan fingerprint density at radius 1 is 1.16 bits per heavy atom. The normalized spacial score (nSPS) is 11.4. The van der Waals surface area contributed by atoms with E-state index in [-0.39, 0.29) is 17.3 Å². The van der Waals surface area contributed by atoms with Crippen molar-refractivity contribution in [2.45, 2.75) is 6.18 Å². The predicted molar refractivity (Wildman–Crippen MR) is 59.0 cm³/mol. The van der Waals surface area contributed by atoms with Crippen LogP contribution in [0.25, 0.3) is 11.4 Å². The van der Waals surface area contributed by atoms with E-state index in [9.17, 15) is 13.2 Å². The van der Waals surface area contributed by atoms with Gasteiger partial charge in [-0.2, -0.15) is 13.2 Å². The van der Waals surface area contributed by atoms with Crippen LogP contribution < -0.4 is 10.5 Å². The van der Waals surface area contributed by atoms with Crippen molar-refractivity contribution in [3.63, 3.8) is 0 Å². The summed E-state index contributed by atoms with van der Waals surface area (Å²) in [6, 6.07) is 0.739. The summed E-state index contributed by atoms with van der Waals surface area (Å²) in [4.78, 5) is 14.6. The SMILES string of the molecule is COc1nccnc1-c1cc(C(F)(F)F)nc(N)n1. The number of methoxy groups -OCH3 is 1. The van der Waals surface area contributed by atoms with Gasteiger partial charge in [-0.15, -0.1) is 0 Å². The Bertz CT molecular complexity index is 602. The third kappa shape index (κ3) is 2.69. The van der Waals surface area contributed by atoms with Gasteiger partial charge in [-0.25, -0.2) is 19.9 Å². The van der Waals surface area contributed by atoms with E-state index in [1.165, 1.54) is 19.5 Å². The van der Waals surface area contributed by atoms with Crippen LogP contribution in [0.1, 0.15) is 5.69 Å². The second-order valence-electron chi connectivity index (χ2n) is 3.41. The van der Waals surface area contributed by atoms with Crippen LogP contribution in [0.15, 0.2) is 18.5 Å². The van der Waals surface area contributed by atoms with Gasteiger partial charge in [0.25, 0.3) is 0 Å². The highest BCUT2D eigenvalue weighted by Crippen LogP contribution is 2.31. The molecule has 0 atom stereocenters. The third-order valence-electron chi connectivity index (χ3n) is 2.13. The summed E-state index contributed by atoms with van der Waals surface area (Å²) in [5.74, 6) is -0.453. The molecule has 0 amide bonds. The number of rotatable bonds is 2. The van der Waals surface area contributed by atoms with Crippen molar-refractivity contribution < 1.29 is 17.9 Å². The molecule has 0 spiro atoms. The van der Waals surface area contributed by atoms with Gasteiger partial charge in [0.2, 0.25) is 11.8 Å². The third-order valence-corrected chi connectivity index (χ3v) is 2.13. The lowest BCUT2D eigenvalue weighted by atomic mass is 10.2. The molecule has 0 aliphatic carbocycles. The molecule has 100 valence electrons. The Labute approximate surface area is 105 Å². The Hall–Kier alpha value is -2.45. The number of nitrogens with two attached hydrogens (primary N) is 1. The first-order valence-electron chi connectivity index (χ1n) is 4.99. The van der Waals surface area contributed by atoms with Gasteiger partial charge in [0.05, 0.1) is 7.11 Å². The Kier molecular flexibility index (Phi) is 3.19. The zero-order valence-corrected chi connectivity index (χ0v) is 9.64. The van der Waals surface area contributed by atoms with Gasteiger partial charge in [-0.1, -0.05) is 0 Å². The van der Waals surface area contributed by atoms with E-state index < -0.39 is 17.8 Å². The van der Waals surface area contributed by atoms with Crippen LogP contribution in [0.4, 0.5) is 19.1 Å². The molecule has 0 bridgehead atoms. The fourth-order valence-corrected chi connectivity index (χ4v) is 1.38. The van der Waals surface area contributed by atoms with Gasteiger partial charge in [0.15, 0.2) is 11.4 Å². The predicted octanol–water partition coefficient (Wildman–Crippen LogP) is 1.54. The number of aromatic nitrogens is 4. The van der Waals surface area contributed by atoms with E-state index in [2.05, 4.69) is 19.9 Å². The molecular formula is C10H8F3N5O. The number of alkyl halides is 3. The molecule has 6 nitrogen and oxygen atoms in total. The highest BCUT2D eigenvalue weighted by atomic mass is 19.4. The highest BCUT2D eigenvalue weighted by molar-refractivity contribution is 5.61. The van der Waals surface area contributed by atoms with Gasteiger partial charge in [-0.05, 0) is 6.07 Å². The molecule has 0 saturated heterocycles. The first kappa shape index (κ1) is 13.0. The molecule has 2 aromatic rings. The van der Waals surface area contributed by atoms with Crippen LogP contribution >= 0.6 is 0 Å². The molecule has 9 heteroatoms. The van der Waals surface area contributed by atoms with Crippen LogP contribution in [-0.4, -0.2) is 27.0 Å². The van der Waals surface area contributed by atoms with E-state index in [1.807, 2.05) is 0 Å². The second-order valence-corrected chi connectivity index (χ2v) is 3.41. The summed E-state index contributed by atoms with van der Waals surface area (Å²) in [6.45, 7) is 0. The highest BCUT2D eigenvalue weighted by Gasteiger charge is 2.34. The van der Waals surface area contributed by atoms with Crippen molar-refractivity contribution in [3.05, 3.63) is 24.2 Å². The van der Waals surface area contributed by atoms with Gasteiger partial charge in [0.1, 0.15) is 5.69 Å². The quantitative estimate of drug-likeness (QED) is 0.891. The molecule has 0 saturated carbocycles. The van der Waals surface area contributed by atoms with Gasteiger partial charge in [0, 0.05) is 12.4 Å². The zero-order valence-electron chi connectivity index (χ0n) is 9.64. The summed E-state index contributed by atoms with van der Waals surface area (Å²) in [6.07, 6.45) is -1.97. The molecular weight excluding hydrogens is 263 g/mol. The summed E-state index contributed by atoms with van der Waals surface area (Å²) >= 11 is 0. The van der Waals surface area contributed by atoms with Crippen LogP contribution in [0, 0.1) is 0 Å². The van der Waals surface area contributed by atoms with Crippen molar-refractivity contribution >= 4 is 5.95 Å². The molecule has 2 N–H and O–H groups in total. The molecule has 0 aliphatic rings. The fraction of sp³-hybridized carbons (Fsp3) is 0.200. The Morgan fingerprint density at radius 2 is 1.84 bits per heavy atom. The van der Waals surface area contributed by atoms with Crippen LogP contribution in [0.2, 0.25) is 0 Å². The maximum atomic E-state index is 12.6. The minimum Gasteiger partial charge on any atom is -0.479 e. The average molecular weight is 271 g/mol. The summed E-state index contributed by atoms with van der Waals surface area (Å²) in [5, 5.41) is 0. The first-order valence-corrected chi connectivity index (χ1v) is 4.99. The number of nitrogens with zero attached hydrogens (tertiary/aromatic N) is 4. The lowest BCUT2D eigenvalue weighted by Crippen LogP contribution is -2.11. The number of hydrogen-bond donors (Lipinski definition) is 1. The average Bonchev–Trinajstić information content (AvgIpc) is 2.37. The fourth-order valence-electron chi connectivity index (χ4n) is 1.38. The molecule has 2 aromatic heterocycles. The van der Waals surface area contributed by atoms with E-state index in [0.29, 0.717) is 0 Å². The number of nitrogen functional groups attached to an aromatic ring is 1. The Balaban J connectivity index is 2.60. The minimum atomic E-state index is -4.62. The number of anilines is 1. The van der Waals surface area contributed by atoms with Gasteiger partial charge in [-0.3, -0.25) is 0 Å².